The van der Waals surface area contributed by atoms with E-state index in [1.165, 1.54) is 0 Å². The first-order chi connectivity index (χ1) is 8.97. The zero-order valence-corrected chi connectivity index (χ0v) is 13.3. The molecule has 19 heavy (non-hydrogen) atoms. The van der Waals surface area contributed by atoms with Crippen LogP contribution in [0.1, 0.15) is 11.8 Å². The molecule has 0 aromatic carbocycles. The molecule has 1 fully saturated rings. The fourth-order valence-electron chi connectivity index (χ4n) is 1.90. The molecule has 0 aliphatic carbocycles. The first-order valence-electron chi connectivity index (χ1n) is 6.00. The van der Waals surface area contributed by atoms with E-state index in [-0.39, 0.29) is 24.5 Å². The van der Waals surface area contributed by atoms with Crippen molar-refractivity contribution >= 4 is 39.2 Å². The van der Waals surface area contributed by atoms with Gasteiger partial charge >= 0.3 is 6.03 Å². The Hall–Kier alpha value is -1.08. The average molecular weight is 346 g/mol. The molecule has 1 aromatic heterocycles. The van der Waals surface area contributed by atoms with Gasteiger partial charge in [0, 0.05) is 24.5 Å². The number of hydrogen-bond acceptors (Lipinski definition) is 3. The molecule has 2 rings (SSSR count). The van der Waals surface area contributed by atoms with E-state index in [4.69, 9.17) is 0 Å². The summed E-state index contributed by atoms with van der Waals surface area (Å²) in [5, 5.41) is 2.84. The second-order valence-electron chi connectivity index (χ2n) is 4.60. The maximum atomic E-state index is 12.0. The summed E-state index contributed by atoms with van der Waals surface area (Å²) < 4.78 is 1.04. The minimum Gasteiger partial charge on any atom is -0.340 e. The Balaban J connectivity index is 1.88. The largest absolute Gasteiger partial charge is 0.340 e. The summed E-state index contributed by atoms with van der Waals surface area (Å²) in [6.45, 7) is 3.15. The highest BCUT2D eigenvalue weighted by molar-refractivity contribution is 9.11. The van der Waals surface area contributed by atoms with Gasteiger partial charge in [0.25, 0.3) is 0 Å². The number of hydrogen-bond donors (Lipinski definition) is 1. The molecule has 0 saturated carbocycles. The Labute approximate surface area is 124 Å². The zero-order valence-electron chi connectivity index (χ0n) is 10.9. The SMILES string of the molecule is CC1CN(C(=O)NCc2ccc(Br)s2)CC(=O)N1C. The molecule has 1 aliphatic rings. The lowest BCUT2D eigenvalue weighted by atomic mass is 10.2. The predicted octanol–water partition coefficient (Wildman–Crippen LogP) is 1.88. The van der Waals surface area contributed by atoms with Crippen LogP contribution in [0.15, 0.2) is 15.9 Å². The molecular weight excluding hydrogens is 330 g/mol. The molecule has 1 saturated heterocycles. The zero-order chi connectivity index (χ0) is 14.0. The summed E-state index contributed by atoms with van der Waals surface area (Å²) in [4.78, 5) is 28.0. The van der Waals surface area contributed by atoms with Crippen LogP contribution < -0.4 is 5.32 Å². The minimum atomic E-state index is -0.183. The Morgan fingerprint density at radius 3 is 2.89 bits per heavy atom. The maximum absolute atomic E-state index is 12.0. The molecule has 0 bridgehead atoms. The molecule has 0 radical (unpaired) electrons. The Bertz CT molecular complexity index is 491. The van der Waals surface area contributed by atoms with Gasteiger partial charge in [-0.1, -0.05) is 0 Å². The summed E-state index contributed by atoms with van der Waals surface area (Å²) in [5.74, 6) is -0.0206. The van der Waals surface area contributed by atoms with Gasteiger partial charge in [0.1, 0.15) is 6.54 Å². The Kier molecular flexibility index (Phi) is 4.46. The van der Waals surface area contributed by atoms with Gasteiger partial charge in [0.15, 0.2) is 0 Å². The van der Waals surface area contributed by atoms with Crippen molar-refractivity contribution in [3.8, 4) is 0 Å². The van der Waals surface area contributed by atoms with E-state index in [2.05, 4.69) is 21.2 Å². The predicted molar refractivity (Wildman–Crippen MR) is 78.1 cm³/mol. The van der Waals surface area contributed by atoms with Crippen LogP contribution in [0.2, 0.25) is 0 Å². The highest BCUT2D eigenvalue weighted by atomic mass is 79.9. The molecule has 1 aromatic rings. The fourth-order valence-corrected chi connectivity index (χ4v) is 3.33. The number of urea groups is 1. The number of piperazine rings is 1. The number of carbonyl (C=O) groups is 2. The van der Waals surface area contributed by atoms with Crippen molar-refractivity contribution in [1.82, 2.24) is 15.1 Å². The number of rotatable bonds is 2. The molecule has 3 amide bonds. The van der Waals surface area contributed by atoms with Gasteiger partial charge in [0.05, 0.1) is 10.3 Å². The van der Waals surface area contributed by atoms with Gasteiger partial charge in [-0.05, 0) is 35.0 Å². The van der Waals surface area contributed by atoms with Crippen molar-refractivity contribution < 1.29 is 9.59 Å². The van der Waals surface area contributed by atoms with E-state index < -0.39 is 0 Å². The lowest BCUT2D eigenvalue weighted by Crippen LogP contribution is -2.57. The number of halogens is 1. The van der Waals surface area contributed by atoms with E-state index in [0.717, 1.165) is 8.66 Å². The van der Waals surface area contributed by atoms with E-state index in [1.807, 2.05) is 19.1 Å². The van der Waals surface area contributed by atoms with Gasteiger partial charge < -0.3 is 15.1 Å². The van der Waals surface area contributed by atoms with Crippen LogP contribution in [0.3, 0.4) is 0 Å². The van der Waals surface area contributed by atoms with Gasteiger partial charge in [-0.25, -0.2) is 4.79 Å². The molecule has 1 atom stereocenters. The first kappa shape index (κ1) is 14.3. The first-order valence-corrected chi connectivity index (χ1v) is 7.61. The van der Waals surface area contributed by atoms with Crippen molar-refractivity contribution in [2.75, 3.05) is 20.1 Å². The fraction of sp³-hybridized carbons (Fsp3) is 0.500. The molecule has 5 nitrogen and oxygen atoms in total. The standard InChI is InChI=1S/C12H16BrN3O2S/c1-8-6-16(7-11(17)15(8)2)12(18)14-5-9-3-4-10(13)19-9/h3-4,8H,5-7H2,1-2H3,(H,14,18). The van der Waals surface area contributed by atoms with Crippen molar-refractivity contribution in [2.24, 2.45) is 0 Å². The summed E-state index contributed by atoms with van der Waals surface area (Å²) >= 11 is 4.97. The molecule has 1 aliphatic heterocycles. The van der Waals surface area contributed by atoms with Crippen molar-refractivity contribution in [2.45, 2.75) is 19.5 Å². The van der Waals surface area contributed by atoms with Crippen LogP contribution >= 0.6 is 27.3 Å². The van der Waals surface area contributed by atoms with E-state index >= 15 is 0 Å². The van der Waals surface area contributed by atoms with Crippen molar-refractivity contribution in [3.05, 3.63) is 20.8 Å². The second kappa shape index (κ2) is 5.92. The third-order valence-electron chi connectivity index (χ3n) is 3.20. The summed E-state index contributed by atoms with van der Waals surface area (Å²) in [6, 6.07) is 3.79. The maximum Gasteiger partial charge on any atom is 0.318 e. The number of nitrogens with one attached hydrogen (secondary N) is 1. The average Bonchev–Trinajstić information content (AvgIpc) is 2.78. The van der Waals surface area contributed by atoms with Crippen LogP contribution in [-0.2, 0) is 11.3 Å². The number of thiophene rings is 1. The Morgan fingerprint density at radius 2 is 2.32 bits per heavy atom. The lowest BCUT2D eigenvalue weighted by Gasteiger charge is -2.37. The quantitative estimate of drug-likeness (QED) is 0.889. The van der Waals surface area contributed by atoms with Crippen LogP contribution in [0.25, 0.3) is 0 Å². The summed E-state index contributed by atoms with van der Waals surface area (Å²) in [5.41, 5.74) is 0. The highest BCUT2D eigenvalue weighted by Crippen LogP contribution is 2.21. The molecule has 1 N–H and O–H groups in total. The second-order valence-corrected chi connectivity index (χ2v) is 7.15. The van der Waals surface area contributed by atoms with Gasteiger partial charge in [-0.2, -0.15) is 0 Å². The number of nitrogens with zero attached hydrogens (tertiary/aromatic N) is 2. The molecule has 7 heteroatoms. The normalized spacial score (nSPS) is 19.7. The summed E-state index contributed by atoms with van der Waals surface area (Å²) in [7, 11) is 1.77. The smallest absolute Gasteiger partial charge is 0.318 e. The topological polar surface area (TPSA) is 52.7 Å². The van der Waals surface area contributed by atoms with Gasteiger partial charge in [0.2, 0.25) is 5.91 Å². The van der Waals surface area contributed by atoms with E-state index in [9.17, 15) is 9.59 Å². The molecule has 0 spiro atoms. The highest BCUT2D eigenvalue weighted by Gasteiger charge is 2.29. The Morgan fingerprint density at radius 1 is 1.58 bits per heavy atom. The van der Waals surface area contributed by atoms with Gasteiger partial charge in [-0.3, -0.25) is 4.79 Å². The molecular formula is C12H16BrN3O2S. The molecule has 2 heterocycles. The summed E-state index contributed by atoms with van der Waals surface area (Å²) in [6.07, 6.45) is 0. The molecule has 104 valence electrons. The van der Waals surface area contributed by atoms with Crippen molar-refractivity contribution in [1.29, 1.82) is 0 Å². The van der Waals surface area contributed by atoms with E-state index in [0.29, 0.717) is 13.1 Å². The van der Waals surface area contributed by atoms with Crippen LogP contribution in [0.4, 0.5) is 4.79 Å². The number of likely N-dealkylation sites (N-methyl/N-ethyl adjacent to an activating group) is 1. The van der Waals surface area contributed by atoms with Crippen molar-refractivity contribution in [3.63, 3.8) is 0 Å². The minimum absolute atomic E-state index is 0.0206. The number of amides is 3. The van der Waals surface area contributed by atoms with Crippen LogP contribution in [-0.4, -0.2) is 47.9 Å². The van der Waals surface area contributed by atoms with Crippen LogP contribution in [0.5, 0.6) is 0 Å². The number of carbonyl (C=O) groups excluding carboxylic acids is 2. The molecule has 1 unspecified atom stereocenters. The van der Waals surface area contributed by atoms with Crippen LogP contribution in [0, 0.1) is 0 Å². The third-order valence-corrected chi connectivity index (χ3v) is 4.82. The lowest BCUT2D eigenvalue weighted by molar-refractivity contribution is -0.135. The van der Waals surface area contributed by atoms with Gasteiger partial charge in [-0.15, -0.1) is 11.3 Å². The van der Waals surface area contributed by atoms with E-state index in [1.54, 1.807) is 28.2 Å². The third kappa shape index (κ3) is 3.48. The monoisotopic (exact) mass is 345 g/mol.